The van der Waals surface area contributed by atoms with E-state index in [1.807, 2.05) is 45.8 Å². The first-order chi connectivity index (χ1) is 13.7. The summed E-state index contributed by atoms with van der Waals surface area (Å²) in [6.45, 7) is 3.20. The van der Waals surface area contributed by atoms with Crippen LogP contribution in [0.2, 0.25) is 0 Å². The lowest BCUT2D eigenvalue weighted by atomic mass is 10.1. The quantitative estimate of drug-likeness (QED) is 0.540. The van der Waals surface area contributed by atoms with Gasteiger partial charge < -0.3 is 14.2 Å². The Labute approximate surface area is 162 Å². The Morgan fingerprint density at radius 3 is 2.57 bits per heavy atom. The standard InChI is InChI=1S/C21H20N6O/c1-25-10-12-26(13-11-25)21(28)17-16-4-2-3-9-27(16)20-18(17)19(23-14-24-20)15-5-7-22-8-6-15/h2-9,14H,10-13H2,1H3. The second kappa shape index (κ2) is 6.69. The molecule has 0 bridgehead atoms. The summed E-state index contributed by atoms with van der Waals surface area (Å²) in [7, 11) is 2.08. The van der Waals surface area contributed by atoms with E-state index in [-0.39, 0.29) is 5.91 Å². The lowest BCUT2D eigenvalue weighted by Crippen LogP contribution is -2.47. The predicted molar refractivity (Wildman–Crippen MR) is 107 cm³/mol. The van der Waals surface area contributed by atoms with Crippen molar-refractivity contribution in [2.24, 2.45) is 0 Å². The van der Waals surface area contributed by atoms with Crippen LogP contribution in [0.5, 0.6) is 0 Å². The Bertz CT molecular complexity index is 1160. The van der Waals surface area contributed by atoms with Gasteiger partial charge >= 0.3 is 0 Å². The molecule has 0 aromatic carbocycles. The van der Waals surface area contributed by atoms with Crippen LogP contribution < -0.4 is 0 Å². The molecule has 0 spiro atoms. The zero-order valence-electron chi connectivity index (χ0n) is 15.6. The minimum absolute atomic E-state index is 0.0388. The van der Waals surface area contributed by atoms with E-state index in [4.69, 9.17) is 0 Å². The van der Waals surface area contributed by atoms with Crippen molar-refractivity contribution >= 4 is 22.5 Å². The lowest BCUT2D eigenvalue weighted by Gasteiger charge is -2.32. The fourth-order valence-corrected chi connectivity index (χ4v) is 3.86. The van der Waals surface area contributed by atoms with Crippen molar-refractivity contribution in [2.75, 3.05) is 33.2 Å². The summed E-state index contributed by atoms with van der Waals surface area (Å²) in [5, 5.41) is 0.795. The van der Waals surface area contributed by atoms with Gasteiger partial charge in [-0.3, -0.25) is 9.78 Å². The van der Waals surface area contributed by atoms with Gasteiger partial charge in [0, 0.05) is 50.3 Å². The molecule has 7 nitrogen and oxygen atoms in total. The van der Waals surface area contributed by atoms with Crippen molar-refractivity contribution in [1.29, 1.82) is 0 Å². The molecule has 0 atom stereocenters. The number of piperazine rings is 1. The summed E-state index contributed by atoms with van der Waals surface area (Å²) in [4.78, 5) is 30.9. The van der Waals surface area contributed by atoms with Crippen LogP contribution in [0, 0.1) is 0 Å². The molecule has 5 rings (SSSR count). The van der Waals surface area contributed by atoms with Gasteiger partial charge in [0.2, 0.25) is 0 Å². The summed E-state index contributed by atoms with van der Waals surface area (Å²) in [6.07, 6.45) is 6.98. The Morgan fingerprint density at radius 1 is 1.00 bits per heavy atom. The highest BCUT2D eigenvalue weighted by Gasteiger charge is 2.28. The molecule has 0 radical (unpaired) electrons. The van der Waals surface area contributed by atoms with E-state index in [9.17, 15) is 4.79 Å². The van der Waals surface area contributed by atoms with Crippen molar-refractivity contribution in [1.82, 2.24) is 29.2 Å². The number of fused-ring (bicyclic) bond motifs is 3. The smallest absolute Gasteiger partial charge is 0.256 e. The number of pyridine rings is 2. The molecule has 1 fully saturated rings. The van der Waals surface area contributed by atoms with Gasteiger partial charge in [0.25, 0.3) is 5.91 Å². The largest absolute Gasteiger partial charge is 0.336 e. The molecule has 5 heterocycles. The molecule has 7 heteroatoms. The van der Waals surface area contributed by atoms with Crippen LogP contribution in [-0.2, 0) is 0 Å². The first-order valence-corrected chi connectivity index (χ1v) is 9.36. The minimum atomic E-state index is 0.0388. The number of hydrogen-bond donors (Lipinski definition) is 0. The van der Waals surface area contributed by atoms with Crippen molar-refractivity contribution in [3.8, 4) is 11.3 Å². The summed E-state index contributed by atoms with van der Waals surface area (Å²) in [5.41, 5.74) is 3.96. The van der Waals surface area contributed by atoms with Gasteiger partial charge in [-0.25, -0.2) is 9.97 Å². The van der Waals surface area contributed by atoms with Gasteiger partial charge in [-0.2, -0.15) is 0 Å². The minimum Gasteiger partial charge on any atom is -0.336 e. The van der Waals surface area contributed by atoms with Crippen LogP contribution in [0.4, 0.5) is 0 Å². The Morgan fingerprint density at radius 2 is 1.79 bits per heavy atom. The zero-order chi connectivity index (χ0) is 19.1. The Balaban J connectivity index is 1.77. The molecular formula is C21H20N6O. The third kappa shape index (κ3) is 2.63. The van der Waals surface area contributed by atoms with E-state index in [0.29, 0.717) is 5.56 Å². The van der Waals surface area contributed by atoms with Gasteiger partial charge in [-0.05, 0) is 31.3 Å². The number of carbonyl (C=O) groups is 1. The van der Waals surface area contributed by atoms with Gasteiger partial charge in [0.05, 0.1) is 22.2 Å². The summed E-state index contributed by atoms with van der Waals surface area (Å²) in [6, 6.07) is 9.70. The van der Waals surface area contributed by atoms with Crippen LogP contribution in [0.1, 0.15) is 10.4 Å². The molecule has 28 heavy (non-hydrogen) atoms. The molecule has 1 aliphatic rings. The first kappa shape index (κ1) is 16.8. The van der Waals surface area contributed by atoms with Gasteiger partial charge in [0.15, 0.2) is 0 Å². The van der Waals surface area contributed by atoms with Gasteiger partial charge in [-0.15, -0.1) is 0 Å². The number of likely N-dealkylation sites (N-methyl/N-ethyl adjacent to an activating group) is 1. The van der Waals surface area contributed by atoms with Crippen molar-refractivity contribution in [3.05, 3.63) is 60.8 Å². The molecule has 140 valence electrons. The molecule has 1 amide bonds. The SMILES string of the molecule is CN1CCN(C(=O)c2c3c(-c4ccncc4)ncnc3n3ccccc23)CC1. The topological polar surface area (TPSA) is 66.6 Å². The third-order valence-corrected chi connectivity index (χ3v) is 5.38. The molecule has 1 aliphatic heterocycles. The van der Waals surface area contributed by atoms with Crippen LogP contribution in [0.15, 0.2) is 55.2 Å². The fraction of sp³-hybridized carbons (Fsp3) is 0.238. The maximum atomic E-state index is 13.6. The van der Waals surface area contributed by atoms with Crippen molar-refractivity contribution in [2.45, 2.75) is 0 Å². The highest BCUT2D eigenvalue weighted by atomic mass is 16.2. The van der Waals surface area contributed by atoms with Crippen LogP contribution in [-0.4, -0.2) is 68.3 Å². The predicted octanol–water partition coefficient (Wildman–Crippen LogP) is 2.33. The van der Waals surface area contributed by atoms with E-state index in [2.05, 4.69) is 26.9 Å². The number of aromatic nitrogens is 4. The van der Waals surface area contributed by atoms with E-state index < -0.39 is 0 Å². The second-order valence-electron chi connectivity index (χ2n) is 7.08. The molecule has 0 aliphatic carbocycles. The number of amides is 1. The zero-order valence-corrected chi connectivity index (χ0v) is 15.6. The fourth-order valence-electron chi connectivity index (χ4n) is 3.86. The van der Waals surface area contributed by atoms with Gasteiger partial charge in [0.1, 0.15) is 12.0 Å². The normalized spacial score (nSPS) is 15.4. The summed E-state index contributed by atoms with van der Waals surface area (Å²) in [5.74, 6) is 0.0388. The maximum Gasteiger partial charge on any atom is 0.256 e. The molecule has 0 N–H and O–H groups in total. The molecular weight excluding hydrogens is 352 g/mol. The monoisotopic (exact) mass is 372 g/mol. The van der Waals surface area contributed by atoms with Crippen LogP contribution in [0.3, 0.4) is 0 Å². The van der Waals surface area contributed by atoms with Crippen LogP contribution >= 0.6 is 0 Å². The van der Waals surface area contributed by atoms with E-state index in [0.717, 1.165) is 54.0 Å². The highest BCUT2D eigenvalue weighted by Crippen LogP contribution is 2.33. The van der Waals surface area contributed by atoms with Crippen molar-refractivity contribution < 1.29 is 4.79 Å². The van der Waals surface area contributed by atoms with E-state index >= 15 is 0 Å². The van der Waals surface area contributed by atoms with Crippen molar-refractivity contribution in [3.63, 3.8) is 0 Å². The number of carbonyl (C=O) groups excluding carboxylic acids is 1. The Kier molecular flexibility index (Phi) is 4.02. The molecule has 4 aromatic rings. The summed E-state index contributed by atoms with van der Waals surface area (Å²) < 4.78 is 1.98. The first-order valence-electron chi connectivity index (χ1n) is 9.36. The van der Waals surface area contributed by atoms with Crippen LogP contribution in [0.25, 0.3) is 27.8 Å². The molecule has 1 saturated heterocycles. The molecule has 0 unspecified atom stereocenters. The third-order valence-electron chi connectivity index (χ3n) is 5.38. The average Bonchev–Trinajstić information content (AvgIpc) is 3.09. The molecule has 4 aromatic heterocycles. The van der Waals surface area contributed by atoms with Gasteiger partial charge in [-0.1, -0.05) is 6.07 Å². The second-order valence-corrected chi connectivity index (χ2v) is 7.08. The number of hydrogen-bond acceptors (Lipinski definition) is 5. The highest BCUT2D eigenvalue weighted by molar-refractivity contribution is 6.16. The number of nitrogens with zero attached hydrogens (tertiary/aromatic N) is 6. The average molecular weight is 372 g/mol. The van der Waals surface area contributed by atoms with E-state index in [1.165, 1.54) is 0 Å². The lowest BCUT2D eigenvalue weighted by molar-refractivity contribution is 0.0668. The molecule has 0 saturated carbocycles. The Hall–Kier alpha value is -3.32. The number of rotatable bonds is 2. The summed E-state index contributed by atoms with van der Waals surface area (Å²) >= 11 is 0. The maximum absolute atomic E-state index is 13.6. The van der Waals surface area contributed by atoms with E-state index in [1.54, 1.807) is 18.7 Å².